The molecule has 2 rings (SSSR count). The monoisotopic (exact) mass is 210 g/mol. The van der Waals surface area contributed by atoms with Gasteiger partial charge in [-0.3, -0.25) is 0 Å². The largest absolute Gasteiger partial charge is 0.410 e. The molecule has 1 aliphatic heterocycles. The van der Waals surface area contributed by atoms with Gasteiger partial charge >= 0.3 is 0 Å². The minimum atomic E-state index is 0.141. The van der Waals surface area contributed by atoms with E-state index in [0.29, 0.717) is 0 Å². The predicted octanol–water partition coefficient (Wildman–Crippen LogP) is 2.05. The number of hydrogen-bond donors (Lipinski definition) is 1. The average Bonchev–Trinajstić information content (AvgIpc) is 2.59. The molecule has 0 atom stereocenters. The molecular weight excluding hydrogens is 200 g/mol. The summed E-state index contributed by atoms with van der Waals surface area (Å²) in [6.45, 7) is 1.03. The van der Waals surface area contributed by atoms with Crippen molar-refractivity contribution in [2.24, 2.45) is 5.16 Å². The summed E-state index contributed by atoms with van der Waals surface area (Å²) in [5.74, 6) is 0. The Balaban J connectivity index is 2.42. The summed E-state index contributed by atoms with van der Waals surface area (Å²) in [6.07, 6.45) is 1.02. The van der Waals surface area contributed by atoms with E-state index in [1.54, 1.807) is 0 Å². The quantitative estimate of drug-likeness (QED) is 0.438. The topological polar surface area (TPSA) is 35.8 Å². The lowest BCUT2D eigenvalue weighted by Crippen LogP contribution is -2.12. The molecule has 0 saturated heterocycles. The van der Waals surface area contributed by atoms with Gasteiger partial charge in [-0.2, -0.15) is 0 Å². The Kier molecular flexibility index (Phi) is 2.33. The van der Waals surface area contributed by atoms with Crippen molar-refractivity contribution in [3.05, 3.63) is 29.3 Å². The van der Waals surface area contributed by atoms with Gasteiger partial charge in [-0.25, -0.2) is 0 Å². The van der Waals surface area contributed by atoms with Crippen LogP contribution >= 0.6 is 11.6 Å². The average molecular weight is 211 g/mol. The molecule has 0 amide bonds. The van der Waals surface area contributed by atoms with Crippen molar-refractivity contribution in [1.82, 2.24) is 0 Å². The van der Waals surface area contributed by atoms with E-state index in [0.717, 1.165) is 18.5 Å². The molecule has 1 N–H and O–H groups in total. The van der Waals surface area contributed by atoms with E-state index in [9.17, 15) is 0 Å². The number of nitrogens with zero attached hydrogens (tertiary/aromatic N) is 2. The lowest BCUT2D eigenvalue weighted by Gasteiger charge is -2.11. The zero-order valence-electron chi connectivity index (χ0n) is 7.87. The third-order valence-electron chi connectivity index (χ3n) is 2.53. The molecular formula is C10H11ClN2O. The van der Waals surface area contributed by atoms with Crippen LogP contribution in [0.2, 0.25) is 0 Å². The van der Waals surface area contributed by atoms with Gasteiger partial charge in [0, 0.05) is 24.8 Å². The van der Waals surface area contributed by atoms with Crippen LogP contribution in [0, 0.1) is 0 Å². The first-order valence-corrected chi connectivity index (χ1v) is 4.82. The lowest BCUT2D eigenvalue weighted by atomic mass is 10.1. The summed E-state index contributed by atoms with van der Waals surface area (Å²) in [7, 11) is 2.06. The van der Waals surface area contributed by atoms with Crippen LogP contribution < -0.4 is 4.90 Å². The molecule has 1 aliphatic rings. The second kappa shape index (κ2) is 3.50. The first kappa shape index (κ1) is 9.34. The molecule has 0 aromatic heterocycles. The zero-order chi connectivity index (χ0) is 10.1. The van der Waals surface area contributed by atoms with E-state index in [4.69, 9.17) is 16.8 Å². The molecule has 3 nitrogen and oxygen atoms in total. The van der Waals surface area contributed by atoms with Gasteiger partial charge in [0.25, 0.3) is 0 Å². The Morgan fingerprint density at radius 2 is 2.36 bits per heavy atom. The maximum atomic E-state index is 8.53. The predicted molar refractivity (Wildman–Crippen MR) is 57.6 cm³/mol. The number of hydrogen-bond acceptors (Lipinski definition) is 3. The molecule has 0 unspecified atom stereocenters. The fourth-order valence-electron chi connectivity index (χ4n) is 1.75. The maximum Gasteiger partial charge on any atom is 0.175 e. The summed E-state index contributed by atoms with van der Waals surface area (Å²) in [6, 6.07) is 5.84. The van der Waals surface area contributed by atoms with E-state index in [2.05, 4.69) is 17.1 Å². The van der Waals surface area contributed by atoms with Crippen LogP contribution in [0.3, 0.4) is 0 Å². The van der Waals surface area contributed by atoms with Crippen LogP contribution in [0.15, 0.2) is 23.4 Å². The summed E-state index contributed by atoms with van der Waals surface area (Å²) in [4.78, 5) is 2.20. The molecule has 1 aromatic rings. The van der Waals surface area contributed by atoms with Crippen molar-refractivity contribution < 1.29 is 5.21 Å². The standard InChI is InChI=1S/C10H11ClN2O/c1-13-5-4-7-6-8(10(11)12-14)2-3-9(7)13/h2-3,6,14H,4-5H2,1H3/b12-10-. The van der Waals surface area contributed by atoms with Crippen molar-refractivity contribution in [2.75, 3.05) is 18.5 Å². The molecule has 0 fully saturated rings. The van der Waals surface area contributed by atoms with Gasteiger partial charge in [-0.05, 0) is 30.2 Å². The van der Waals surface area contributed by atoms with Crippen LogP contribution in [-0.4, -0.2) is 24.0 Å². The second-order valence-electron chi connectivity index (χ2n) is 3.41. The van der Waals surface area contributed by atoms with E-state index >= 15 is 0 Å². The highest BCUT2D eigenvalue weighted by molar-refractivity contribution is 6.69. The number of rotatable bonds is 1. The molecule has 0 saturated carbocycles. The minimum absolute atomic E-state index is 0.141. The van der Waals surface area contributed by atoms with Gasteiger partial charge in [0.1, 0.15) is 0 Å². The normalized spacial score (nSPS) is 15.9. The fraction of sp³-hybridized carbons (Fsp3) is 0.300. The molecule has 0 radical (unpaired) electrons. The number of oxime groups is 1. The Morgan fingerprint density at radius 1 is 1.57 bits per heavy atom. The van der Waals surface area contributed by atoms with Crippen LogP contribution in [0.25, 0.3) is 0 Å². The lowest BCUT2D eigenvalue weighted by molar-refractivity contribution is 0.321. The van der Waals surface area contributed by atoms with Gasteiger partial charge < -0.3 is 10.1 Å². The highest BCUT2D eigenvalue weighted by Crippen LogP contribution is 2.27. The molecule has 14 heavy (non-hydrogen) atoms. The maximum absolute atomic E-state index is 8.53. The highest BCUT2D eigenvalue weighted by atomic mass is 35.5. The Labute approximate surface area is 87.6 Å². The molecule has 1 aromatic carbocycles. The molecule has 1 heterocycles. The second-order valence-corrected chi connectivity index (χ2v) is 3.76. The zero-order valence-corrected chi connectivity index (χ0v) is 8.62. The van der Waals surface area contributed by atoms with Crippen molar-refractivity contribution in [1.29, 1.82) is 0 Å². The van der Waals surface area contributed by atoms with E-state index in [1.807, 2.05) is 18.2 Å². The fourth-order valence-corrected chi connectivity index (χ4v) is 1.87. The number of benzene rings is 1. The highest BCUT2D eigenvalue weighted by Gasteiger charge is 2.16. The number of fused-ring (bicyclic) bond motifs is 1. The molecule has 74 valence electrons. The first-order valence-electron chi connectivity index (χ1n) is 4.44. The molecule has 4 heteroatoms. The summed E-state index contributed by atoms with van der Waals surface area (Å²) in [5, 5.41) is 11.6. The van der Waals surface area contributed by atoms with E-state index in [-0.39, 0.29) is 5.17 Å². The van der Waals surface area contributed by atoms with Gasteiger partial charge in [-0.15, -0.1) is 0 Å². The Morgan fingerprint density at radius 3 is 3.07 bits per heavy atom. The van der Waals surface area contributed by atoms with E-state index in [1.165, 1.54) is 11.3 Å². The van der Waals surface area contributed by atoms with Gasteiger partial charge in [-0.1, -0.05) is 16.8 Å². The van der Waals surface area contributed by atoms with Crippen LogP contribution in [0.4, 0.5) is 5.69 Å². The van der Waals surface area contributed by atoms with Gasteiger partial charge in [0.15, 0.2) is 5.17 Å². The number of likely N-dealkylation sites (N-methyl/N-ethyl adjacent to an activating group) is 1. The van der Waals surface area contributed by atoms with Crippen molar-refractivity contribution in [3.63, 3.8) is 0 Å². The van der Waals surface area contributed by atoms with Crippen molar-refractivity contribution >= 4 is 22.5 Å². The summed E-state index contributed by atoms with van der Waals surface area (Å²) >= 11 is 5.72. The molecule has 0 aliphatic carbocycles. The Hall–Kier alpha value is -1.22. The smallest absolute Gasteiger partial charge is 0.175 e. The van der Waals surface area contributed by atoms with Crippen molar-refractivity contribution in [2.45, 2.75) is 6.42 Å². The minimum Gasteiger partial charge on any atom is -0.410 e. The molecule has 0 bridgehead atoms. The van der Waals surface area contributed by atoms with Crippen LogP contribution in [-0.2, 0) is 6.42 Å². The third kappa shape index (κ3) is 1.44. The van der Waals surface area contributed by atoms with Gasteiger partial charge in [0.05, 0.1) is 0 Å². The SMILES string of the molecule is CN1CCc2cc(/C(Cl)=N/O)ccc21. The summed E-state index contributed by atoms with van der Waals surface area (Å²) in [5.41, 5.74) is 3.26. The first-order chi connectivity index (χ1) is 6.72. The Bertz CT molecular complexity index is 390. The van der Waals surface area contributed by atoms with E-state index < -0.39 is 0 Å². The van der Waals surface area contributed by atoms with Crippen molar-refractivity contribution in [3.8, 4) is 0 Å². The van der Waals surface area contributed by atoms with Crippen LogP contribution in [0.1, 0.15) is 11.1 Å². The van der Waals surface area contributed by atoms with Crippen LogP contribution in [0.5, 0.6) is 0 Å². The number of halogens is 1. The molecule has 0 spiro atoms. The summed E-state index contributed by atoms with van der Waals surface area (Å²) < 4.78 is 0. The third-order valence-corrected chi connectivity index (χ3v) is 2.83. The van der Waals surface area contributed by atoms with Gasteiger partial charge in [0.2, 0.25) is 0 Å². The number of anilines is 1.